The summed E-state index contributed by atoms with van der Waals surface area (Å²) >= 11 is 3.58. The minimum atomic E-state index is -0.276. The number of aryl methyl sites for hydroxylation is 1. The Labute approximate surface area is 197 Å². The number of methoxy groups -OCH3 is 1. The van der Waals surface area contributed by atoms with Crippen molar-refractivity contribution in [3.8, 4) is 17.2 Å². The molecule has 6 heteroatoms. The van der Waals surface area contributed by atoms with Crippen molar-refractivity contribution in [1.29, 1.82) is 0 Å². The first-order valence-corrected chi connectivity index (χ1v) is 11.5. The molecule has 0 saturated heterocycles. The summed E-state index contributed by atoms with van der Waals surface area (Å²) in [5.41, 5.74) is 5.09. The summed E-state index contributed by atoms with van der Waals surface area (Å²) in [6, 6.07) is 19.9. The molecular weight excluding hydrogens is 468 g/mol. The second-order valence-corrected chi connectivity index (χ2v) is 8.64. The van der Waals surface area contributed by atoms with E-state index in [0.29, 0.717) is 18.8 Å². The van der Waals surface area contributed by atoms with Gasteiger partial charge in [-0.3, -0.25) is 10.3 Å². The van der Waals surface area contributed by atoms with E-state index in [1.807, 2.05) is 37.3 Å². The van der Waals surface area contributed by atoms with E-state index in [-0.39, 0.29) is 18.0 Å². The lowest BCUT2D eigenvalue weighted by Gasteiger charge is -2.31. The normalized spacial score (nSPS) is 18.2. The zero-order valence-electron chi connectivity index (χ0n) is 18.4. The molecule has 1 heterocycles. The van der Waals surface area contributed by atoms with E-state index < -0.39 is 0 Å². The van der Waals surface area contributed by atoms with E-state index in [1.54, 1.807) is 13.2 Å². The first-order valence-electron chi connectivity index (χ1n) is 10.7. The van der Waals surface area contributed by atoms with Crippen LogP contribution in [-0.2, 0) is 0 Å². The fourth-order valence-electron chi connectivity index (χ4n) is 3.94. The highest BCUT2D eigenvalue weighted by molar-refractivity contribution is 9.10. The van der Waals surface area contributed by atoms with Gasteiger partial charge in [0.15, 0.2) is 11.5 Å². The van der Waals surface area contributed by atoms with Crippen LogP contribution in [0, 0.1) is 6.92 Å². The zero-order valence-corrected chi connectivity index (χ0v) is 20.0. The molecule has 2 unspecified atom stereocenters. The average molecular weight is 495 g/mol. The third-order valence-electron chi connectivity index (χ3n) is 5.62. The predicted octanol–water partition coefficient (Wildman–Crippen LogP) is 6.09. The minimum Gasteiger partial charge on any atom is -0.504 e. The van der Waals surface area contributed by atoms with Crippen LogP contribution in [0.3, 0.4) is 0 Å². The van der Waals surface area contributed by atoms with E-state index in [1.165, 1.54) is 5.56 Å². The Kier molecular flexibility index (Phi) is 6.82. The third-order valence-corrected chi connectivity index (χ3v) is 6.24. The maximum Gasteiger partial charge on any atom is 0.162 e. The first-order chi connectivity index (χ1) is 15.5. The van der Waals surface area contributed by atoms with Gasteiger partial charge in [-0.05, 0) is 59.1 Å². The molecule has 0 spiro atoms. The van der Waals surface area contributed by atoms with Gasteiger partial charge in [0.1, 0.15) is 11.9 Å². The predicted molar refractivity (Wildman–Crippen MR) is 131 cm³/mol. The van der Waals surface area contributed by atoms with E-state index >= 15 is 0 Å². The first kappa shape index (κ1) is 22.4. The van der Waals surface area contributed by atoms with Crippen LogP contribution in [0.1, 0.15) is 47.8 Å². The molecule has 1 aliphatic heterocycles. The summed E-state index contributed by atoms with van der Waals surface area (Å²) in [4.78, 5) is 5.04. The fourth-order valence-corrected chi connectivity index (χ4v) is 4.50. The van der Waals surface area contributed by atoms with Gasteiger partial charge in [-0.25, -0.2) is 0 Å². The van der Waals surface area contributed by atoms with Gasteiger partial charge in [0.25, 0.3) is 0 Å². The van der Waals surface area contributed by atoms with Crippen molar-refractivity contribution in [2.24, 2.45) is 4.99 Å². The Morgan fingerprint density at radius 2 is 1.88 bits per heavy atom. The van der Waals surface area contributed by atoms with Gasteiger partial charge in [-0.2, -0.15) is 0 Å². The highest BCUT2D eigenvalue weighted by Gasteiger charge is 2.29. The number of rotatable bonds is 6. The number of phenols is 1. The van der Waals surface area contributed by atoms with Gasteiger partial charge in [-0.1, -0.05) is 48.0 Å². The van der Waals surface area contributed by atoms with Gasteiger partial charge in [0.2, 0.25) is 0 Å². The molecule has 2 N–H and O–H groups in total. The molecule has 4 rings (SSSR count). The molecule has 32 heavy (non-hydrogen) atoms. The molecule has 0 radical (unpaired) electrons. The summed E-state index contributed by atoms with van der Waals surface area (Å²) < 4.78 is 11.9. The molecule has 3 aromatic rings. The second kappa shape index (κ2) is 9.76. The van der Waals surface area contributed by atoms with Crippen LogP contribution in [-0.4, -0.2) is 24.5 Å². The number of halogens is 1. The Balaban J connectivity index is 1.76. The molecule has 0 aromatic heterocycles. The Morgan fingerprint density at radius 3 is 2.56 bits per heavy atom. The molecule has 0 fully saturated rings. The summed E-state index contributed by atoms with van der Waals surface area (Å²) in [6.07, 6.45) is 0.377. The molecule has 5 nitrogen and oxygen atoms in total. The SMILES string of the molecule is CCOc1cccc(C2CC(c3ccc(C)cc3)=NC(c3ccc(OC)c(Br)c3)N2)c1O. The number of aliphatic imine (C=N–C) groups is 1. The molecule has 0 aliphatic carbocycles. The van der Waals surface area contributed by atoms with Crippen molar-refractivity contribution in [2.75, 3.05) is 13.7 Å². The van der Waals surface area contributed by atoms with Crippen LogP contribution in [0.4, 0.5) is 0 Å². The number of hydrogen-bond acceptors (Lipinski definition) is 5. The molecule has 0 amide bonds. The monoisotopic (exact) mass is 494 g/mol. The lowest BCUT2D eigenvalue weighted by atomic mass is 9.93. The number of para-hydroxylation sites is 1. The number of aromatic hydroxyl groups is 1. The van der Waals surface area contributed by atoms with Gasteiger partial charge in [0.05, 0.1) is 18.2 Å². The van der Waals surface area contributed by atoms with Crippen LogP contribution < -0.4 is 14.8 Å². The molecule has 1 aliphatic rings. The molecule has 0 bridgehead atoms. The van der Waals surface area contributed by atoms with E-state index in [9.17, 15) is 5.11 Å². The maximum absolute atomic E-state index is 10.9. The summed E-state index contributed by atoms with van der Waals surface area (Å²) in [5.74, 6) is 1.44. The largest absolute Gasteiger partial charge is 0.504 e. The van der Waals surface area contributed by atoms with Crippen molar-refractivity contribution < 1.29 is 14.6 Å². The Hall–Kier alpha value is -2.83. The maximum atomic E-state index is 10.9. The van der Waals surface area contributed by atoms with E-state index in [2.05, 4.69) is 52.4 Å². The highest BCUT2D eigenvalue weighted by Crippen LogP contribution is 2.39. The van der Waals surface area contributed by atoms with Crippen molar-refractivity contribution in [3.05, 3.63) is 87.4 Å². The van der Waals surface area contributed by atoms with Gasteiger partial charge in [0, 0.05) is 23.7 Å². The lowest BCUT2D eigenvalue weighted by Crippen LogP contribution is -2.33. The molecule has 3 aromatic carbocycles. The topological polar surface area (TPSA) is 63.1 Å². The van der Waals surface area contributed by atoms with Crippen molar-refractivity contribution >= 4 is 21.6 Å². The molecule has 2 atom stereocenters. The van der Waals surface area contributed by atoms with Gasteiger partial charge >= 0.3 is 0 Å². The van der Waals surface area contributed by atoms with E-state index in [0.717, 1.165) is 32.6 Å². The van der Waals surface area contributed by atoms with Crippen molar-refractivity contribution in [2.45, 2.75) is 32.5 Å². The second-order valence-electron chi connectivity index (χ2n) is 7.79. The van der Waals surface area contributed by atoms with E-state index in [4.69, 9.17) is 14.5 Å². The zero-order chi connectivity index (χ0) is 22.7. The lowest BCUT2D eigenvalue weighted by molar-refractivity contribution is 0.313. The molecular formula is C26H27BrN2O3. The Bertz CT molecular complexity index is 1130. The number of benzene rings is 3. The Morgan fingerprint density at radius 1 is 1.09 bits per heavy atom. The molecule has 0 saturated carbocycles. The average Bonchev–Trinajstić information content (AvgIpc) is 2.80. The molecule has 166 valence electrons. The highest BCUT2D eigenvalue weighted by atomic mass is 79.9. The number of nitrogens with zero attached hydrogens (tertiary/aromatic N) is 1. The number of ether oxygens (including phenoxy) is 2. The fraction of sp³-hybridized carbons (Fsp3) is 0.269. The summed E-state index contributed by atoms with van der Waals surface area (Å²) in [6.45, 7) is 4.48. The smallest absolute Gasteiger partial charge is 0.162 e. The number of phenolic OH excluding ortho intramolecular Hbond substituents is 1. The van der Waals surface area contributed by atoms with Crippen LogP contribution in [0.15, 0.2) is 70.1 Å². The van der Waals surface area contributed by atoms with Crippen molar-refractivity contribution in [1.82, 2.24) is 5.32 Å². The van der Waals surface area contributed by atoms with Gasteiger partial charge in [-0.15, -0.1) is 0 Å². The van der Waals surface area contributed by atoms with Crippen LogP contribution in [0.5, 0.6) is 17.2 Å². The summed E-state index contributed by atoms with van der Waals surface area (Å²) in [5, 5.41) is 14.5. The number of hydrogen-bond donors (Lipinski definition) is 2. The minimum absolute atomic E-state index is 0.130. The van der Waals surface area contributed by atoms with Gasteiger partial charge < -0.3 is 14.6 Å². The quantitative estimate of drug-likeness (QED) is 0.434. The number of nitrogens with one attached hydrogen (secondary N) is 1. The summed E-state index contributed by atoms with van der Waals surface area (Å²) in [7, 11) is 1.65. The standard InChI is InChI=1S/C26H27BrN2O3/c1-4-32-24-7-5-6-19(25(24)30)22-15-21(17-10-8-16(2)9-11-17)28-26(29-22)18-12-13-23(31-3)20(27)14-18/h5-14,22,26,29-30H,4,15H2,1-3H3. The van der Waals surface area contributed by atoms with Crippen LogP contribution in [0.25, 0.3) is 0 Å². The van der Waals surface area contributed by atoms with Crippen molar-refractivity contribution in [3.63, 3.8) is 0 Å². The third kappa shape index (κ3) is 4.66. The van der Waals surface area contributed by atoms with Crippen LogP contribution in [0.2, 0.25) is 0 Å². The van der Waals surface area contributed by atoms with Crippen LogP contribution >= 0.6 is 15.9 Å².